The molecule has 0 aromatic carbocycles. The topological polar surface area (TPSA) is 38.8 Å². The van der Waals surface area contributed by atoms with E-state index in [0.717, 1.165) is 25.9 Å². The van der Waals surface area contributed by atoms with Gasteiger partial charge in [-0.25, -0.2) is 0 Å². The second-order valence-electron chi connectivity index (χ2n) is 10.5. The van der Waals surface area contributed by atoms with Gasteiger partial charge in [-0.05, 0) is 12.8 Å². The van der Waals surface area contributed by atoms with Gasteiger partial charge in [0.15, 0.2) is 0 Å². The van der Waals surface area contributed by atoms with Gasteiger partial charge >= 0.3 is 0 Å². The molecule has 35 heavy (non-hydrogen) atoms. The van der Waals surface area contributed by atoms with Gasteiger partial charge in [-0.15, -0.1) is 0 Å². The molecule has 0 fully saturated rings. The summed E-state index contributed by atoms with van der Waals surface area (Å²) < 4.78 is 10.5. The fourth-order valence-corrected chi connectivity index (χ4v) is 4.69. The number of methoxy groups -OCH3 is 1. The van der Waals surface area contributed by atoms with Crippen molar-refractivity contribution in [1.29, 1.82) is 0 Å². The number of amides is 1. The standard InChI is InChI=1S/C31H63NO3/c1-4-6-8-10-12-14-16-17-19-21-23-25-27-32(31(33)30-35-29-28-34-3)26-24-22-20-18-15-13-11-9-7-5-2/h4-30H2,1-3H3. The van der Waals surface area contributed by atoms with Crippen molar-refractivity contribution in [2.75, 3.05) is 40.0 Å². The third kappa shape index (κ3) is 26.3. The van der Waals surface area contributed by atoms with E-state index < -0.39 is 0 Å². The Hall–Kier alpha value is -0.610. The quantitative estimate of drug-likeness (QED) is 0.0967. The van der Waals surface area contributed by atoms with Crippen molar-refractivity contribution in [3.8, 4) is 0 Å². The minimum atomic E-state index is 0.153. The van der Waals surface area contributed by atoms with Gasteiger partial charge < -0.3 is 14.4 Å². The van der Waals surface area contributed by atoms with Crippen molar-refractivity contribution in [3.63, 3.8) is 0 Å². The Bertz CT molecular complexity index is 416. The summed E-state index contributed by atoms with van der Waals surface area (Å²) in [7, 11) is 1.66. The smallest absolute Gasteiger partial charge is 0.248 e. The van der Waals surface area contributed by atoms with Crippen molar-refractivity contribution < 1.29 is 14.3 Å². The molecule has 0 atom stereocenters. The number of rotatable bonds is 29. The van der Waals surface area contributed by atoms with Crippen molar-refractivity contribution in [2.24, 2.45) is 0 Å². The summed E-state index contributed by atoms with van der Waals surface area (Å²) in [4.78, 5) is 14.8. The molecule has 0 heterocycles. The van der Waals surface area contributed by atoms with Crippen LogP contribution in [0.4, 0.5) is 0 Å². The highest BCUT2D eigenvalue weighted by Crippen LogP contribution is 2.13. The minimum Gasteiger partial charge on any atom is -0.382 e. The maximum Gasteiger partial charge on any atom is 0.248 e. The van der Waals surface area contributed by atoms with E-state index in [-0.39, 0.29) is 12.5 Å². The monoisotopic (exact) mass is 497 g/mol. The highest BCUT2D eigenvalue weighted by Gasteiger charge is 2.13. The van der Waals surface area contributed by atoms with Crippen LogP contribution in [0, 0.1) is 0 Å². The van der Waals surface area contributed by atoms with E-state index in [1.165, 1.54) is 128 Å². The van der Waals surface area contributed by atoms with Crippen molar-refractivity contribution in [2.45, 2.75) is 155 Å². The summed E-state index contributed by atoms with van der Waals surface area (Å²) >= 11 is 0. The van der Waals surface area contributed by atoms with Crippen LogP contribution in [0.1, 0.15) is 155 Å². The first-order valence-electron chi connectivity index (χ1n) is 15.6. The maximum absolute atomic E-state index is 12.7. The molecule has 0 unspecified atom stereocenters. The molecule has 4 nitrogen and oxygen atoms in total. The van der Waals surface area contributed by atoms with Crippen molar-refractivity contribution in [1.82, 2.24) is 4.90 Å². The fraction of sp³-hybridized carbons (Fsp3) is 0.968. The number of ether oxygens (including phenoxy) is 2. The summed E-state index contributed by atoms with van der Waals surface area (Å²) in [5.74, 6) is 0.153. The van der Waals surface area contributed by atoms with Gasteiger partial charge in [0, 0.05) is 20.2 Å². The predicted molar refractivity (Wildman–Crippen MR) is 152 cm³/mol. The molecular weight excluding hydrogens is 434 g/mol. The van der Waals surface area contributed by atoms with Crippen LogP contribution in [0.2, 0.25) is 0 Å². The van der Waals surface area contributed by atoms with Crippen LogP contribution in [0.3, 0.4) is 0 Å². The normalized spacial score (nSPS) is 11.3. The van der Waals surface area contributed by atoms with Crippen molar-refractivity contribution in [3.05, 3.63) is 0 Å². The molecule has 0 bridgehead atoms. The van der Waals surface area contributed by atoms with Crippen LogP contribution in [-0.4, -0.2) is 50.8 Å². The van der Waals surface area contributed by atoms with Crippen LogP contribution in [0.5, 0.6) is 0 Å². The Balaban J connectivity index is 3.90. The third-order valence-corrected chi connectivity index (χ3v) is 7.07. The van der Waals surface area contributed by atoms with E-state index in [9.17, 15) is 4.79 Å². The van der Waals surface area contributed by atoms with Crippen LogP contribution in [0.15, 0.2) is 0 Å². The second-order valence-corrected chi connectivity index (χ2v) is 10.5. The summed E-state index contributed by atoms with van der Waals surface area (Å²) in [6, 6.07) is 0. The van der Waals surface area contributed by atoms with Gasteiger partial charge in [0.25, 0.3) is 0 Å². The fourth-order valence-electron chi connectivity index (χ4n) is 4.69. The van der Waals surface area contributed by atoms with E-state index in [4.69, 9.17) is 9.47 Å². The molecule has 0 aliphatic rings. The van der Waals surface area contributed by atoms with Gasteiger partial charge in [0.05, 0.1) is 13.2 Å². The molecule has 1 amide bonds. The number of carbonyl (C=O) groups is 1. The zero-order valence-electron chi connectivity index (χ0n) is 24.3. The molecule has 0 saturated heterocycles. The highest BCUT2D eigenvalue weighted by atomic mass is 16.5. The number of hydrogen-bond donors (Lipinski definition) is 0. The predicted octanol–water partition coefficient (Wildman–Crippen LogP) is 9.10. The Labute approximate surface area is 220 Å². The lowest BCUT2D eigenvalue weighted by Gasteiger charge is -2.23. The van der Waals surface area contributed by atoms with E-state index in [1.54, 1.807) is 7.11 Å². The Kier molecular flexibility index (Phi) is 29.1. The molecule has 0 aromatic rings. The first kappa shape index (κ1) is 34.4. The Morgan fingerprint density at radius 1 is 0.514 bits per heavy atom. The lowest BCUT2D eigenvalue weighted by Crippen LogP contribution is -2.36. The van der Waals surface area contributed by atoms with Gasteiger partial charge in [0.1, 0.15) is 6.61 Å². The zero-order chi connectivity index (χ0) is 25.7. The van der Waals surface area contributed by atoms with Gasteiger partial charge in [-0.2, -0.15) is 0 Å². The van der Waals surface area contributed by atoms with Gasteiger partial charge in [-0.1, -0.05) is 142 Å². The molecule has 0 aliphatic heterocycles. The average Bonchev–Trinajstić information content (AvgIpc) is 2.87. The lowest BCUT2D eigenvalue weighted by molar-refractivity contribution is -0.136. The highest BCUT2D eigenvalue weighted by molar-refractivity contribution is 5.77. The molecule has 210 valence electrons. The van der Waals surface area contributed by atoms with Gasteiger partial charge in [0.2, 0.25) is 5.91 Å². The average molecular weight is 498 g/mol. The Morgan fingerprint density at radius 3 is 1.20 bits per heavy atom. The molecule has 0 aromatic heterocycles. The number of hydrogen-bond acceptors (Lipinski definition) is 3. The summed E-state index contributed by atoms with van der Waals surface area (Å²) in [5.41, 5.74) is 0. The molecule has 4 heteroatoms. The summed E-state index contributed by atoms with van der Waals surface area (Å²) in [6.45, 7) is 7.57. The van der Waals surface area contributed by atoms with Crippen LogP contribution in [-0.2, 0) is 14.3 Å². The van der Waals surface area contributed by atoms with E-state index in [1.807, 2.05) is 0 Å². The minimum absolute atomic E-state index is 0.153. The zero-order valence-corrected chi connectivity index (χ0v) is 24.3. The number of unbranched alkanes of at least 4 members (excludes halogenated alkanes) is 20. The van der Waals surface area contributed by atoms with Crippen LogP contribution in [0.25, 0.3) is 0 Å². The molecule has 0 aliphatic carbocycles. The van der Waals surface area contributed by atoms with E-state index in [0.29, 0.717) is 13.2 Å². The second kappa shape index (κ2) is 29.6. The summed E-state index contributed by atoms with van der Waals surface area (Å²) in [5, 5.41) is 0. The molecule has 0 radical (unpaired) electrons. The van der Waals surface area contributed by atoms with E-state index in [2.05, 4.69) is 18.7 Å². The molecule has 0 rings (SSSR count). The van der Waals surface area contributed by atoms with Gasteiger partial charge in [-0.3, -0.25) is 4.79 Å². The molecule has 0 saturated carbocycles. The molecule has 0 N–H and O–H groups in total. The van der Waals surface area contributed by atoms with E-state index >= 15 is 0 Å². The molecule has 0 spiro atoms. The molecular formula is C31H63NO3. The number of carbonyl (C=O) groups excluding carboxylic acids is 1. The van der Waals surface area contributed by atoms with Crippen LogP contribution < -0.4 is 0 Å². The maximum atomic E-state index is 12.7. The van der Waals surface area contributed by atoms with Crippen molar-refractivity contribution >= 4 is 5.91 Å². The third-order valence-electron chi connectivity index (χ3n) is 7.07. The summed E-state index contributed by atoms with van der Waals surface area (Å²) in [6.07, 6.45) is 29.5. The van der Waals surface area contributed by atoms with Crippen LogP contribution >= 0.6 is 0 Å². The largest absolute Gasteiger partial charge is 0.382 e. The first-order chi connectivity index (χ1) is 17.3. The lowest BCUT2D eigenvalue weighted by atomic mass is 10.1. The number of nitrogens with zero attached hydrogens (tertiary/aromatic N) is 1. The SMILES string of the molecule is CCCCCCCCCCCCCCN(CCCCCCCCCCCC)C(=O)COCCOC. The Morgan fingerprint density at radius 2 is 0.857 bits per heavy atom. The first-order valence-corrected chi connectivity index (χ1v) is 15.6.